The SMILES string of the molecule is CCn1c(SC(C)C(=O)Nc2ccc(Cl)cc2)nnc1-c1ccccc1OC. The first kappa shape index (κ1) is 20.2. The molecule has 0 fully saturated rings. The third-order valence-corrected chi connectivity index (χ3v) is 5.48. The fourth-order valence-corrected chi connectivity index (χ4v) is 3.72. The Kier molecular flexibility index (Phi) is 6.59. The lowest BCUT2D eigenvalue weighted by atomic mass is 10.2. The second-order valence-corrected chi connectivity index (χ2v) is 7.75. The van der Waals surface area contributed by atoms with E-state index in [1.165, 1.54) is 11.8 Å². The number of aromatic nitrogens is 3. The average molecular weight is 417 g/mol. The molecule has 0 bridgehead atoms. The van der Waals surface area contributed by atoms with Crippen LogP contribution in [0.3, 0.4) is 0 Å². The van der Waals surface area contributed by atoms with Crippen LogP contribution in [0.5, 0.6) is 5.75 Å². The van der Waals surface area contributed by atoms with Crippen LogP contribution < -0.4 is 10.1 Å². The van der Waals surface area contributed by atoms with Gasteiger partial charge in [-0.25, -0.2) is 0 Å². The summed E-state index contributed by atoms with van der Waals surface area (Å²) in [6, 6.07) is 14.7. The number of hydrogen-bond donors (Lipinski definition) is 1. The van der Waals surface area contributed by atoms with Crippen molar-refractivity contribution in [3.63, 3.8) is 0 Å². The average Bonchev–Trinajstić information content (AvgIpc) is 3.11. The summed E-state index contributed by atoms with van der Waals surface area (Å²) in [5, 5.41) is 12.5. The number of thioether (sulfide) groups is 1. The Balaban J connectivity index is 1.78. The number of nitrogens with zero attached hydrogens (tertiary/aromatic N) is 3. The predicted octanol–water partition coefficient (Wildman–Crippen LogP) is 4.75. The van der Waals surface area contributed by atoms with Gasteiger partial charge >= 0.3 is 0 Å². The molecule has 0 spiro atoms. The molecular formula is C20H21ClN4O2S. The van der Waals surface area contributed by atoms with E-state index in [0.29, 0.717) is 28.2 Å². The summed E-state index contributed by atoms with van der Waals surface area (Å²) in [5.41, 5.74) is 1.57. The Hall–Kier alpha value is -2.51. The van der Waals surface area contributed by atoms with Gasteiger partial charge in [0, 0.05) is 17.3 Å². The molecule has 0 saturated heterocycles. The van der Waals surface area contributed by atoms with Crippen LogP contribution in [-0.4, -0.2) is 33.0 Å². The molecule has 1 heterocycles. The van der Waals surface area contributed by atoms with Crippen LogP contribution in [0.4, 0.5) is 5.69 Å². The van der Waals surface area contributed by atoms with Gasteiger partial charge in [-0.1, -0.05) is 35.5 Å². The molecule has 0 radical (unpaired) electrons. The van der Waals surface area contributed by atoms with Gasteiger partial charge in [-0.3, -0.25) is 4.79 Å². The van der Waals surface area contributed by atoms with Crippen molar-refractivity contribution in [1.29, 1.82) is 0 Å². The predicted molar refractivity (Wildman–Crippen MR) is 113 cm³/mol. The third kappa shape index (κ3) is 4.48. The molecule has 0 aliphatic rings. The first-order valence-electron chi connectivity index (χ1n) is 8.83. The largest absolute Gasteiger partial charge is 0.496 e. The van der Waals surface area contributed by atoms with Gasteiger partial charge in [-0.05, 0) is 50.2 Å². The van der Waals surface area contributed by atoms with Crippen molar-refractivity contribution in [2.45, 2.75) is 30.8 Å². The number of hydrogen-bond acceptors (Lipinski definition) is 5. The lowest BCUT2D eigenvalue weighted by Crippen LogP contribution is -2.22. The first-order valence-corrected chi connectivity index (χ1v) is 10.1. The maximum absolute atomic E-state index is 12.5. The van der Waals surface area contributed by atoms with E-state index in [-0.39, 0.29) is 11.2 Å². The Morgan fingerprint density at radius 3 is 2.61 bits per heavy atom. The van der Waals surface area contributed by atoms with Crippen LogP contribution in [-0.2, 0) is 11.3 Å². The van der Waals surface area contributed by atoms with Crippen LogP contribution in [0.1, 0.15) is 13.8 Å². The topological polar surface area (TPSA) is 69.0 Å². The maximum atomic E-state index is 12.5. The number of amides is 1. The number of halogens is 1. The van der Waals surface area contributed by atoms with Gasteiger partial charge < -0.3 is 14.6 Å². The summed E-state index contributed by atoms with van der Waals surface area (Å²) in [6.07, 6.45) is 0. The molecule has 28 heavy (non-hydrogen) atoms. The molecule has 3 aromatic rings. The zero-order valence-corrected chi connectivity index (χ0v) is 17.4. The molecule has 0 aliphatic carbocycles. The van der Waals surface area contributed by atoms with E-state index < -0.39 is 0 Å². The molecule has 146 valence electrons. The van der Waals surface area contributed by atoms with Crippen molar-refractivity contribution in [3.8, 4) is 17.1 Å². The van der Waals surface area contributed by atoms with E-state index in [1.54, 1.807) is 31.4 Å². The maximum Gasteiger partial charge on any atom is 0.237 e. The zero-order chi connectivity index (χ0) is 20.1. The number of benzene rings is 2. The molecule has 1 amide bonds. The minimum Gasteiger partial charge on any atom is -0.496 e. The first-order chi connectivity index (χ1) is 13.5. The number of ether oxygens (including phenoxy) is 1. The van der Waals surface area contributed by atoms with Crippen molar-refractivity contribution < 1.29 is 9.53 Å². The van der Waals surface area contributed by atoms with Gasteiger partial charge in [0.1, 0.15) is 5.75 Å². The highest BCUT2D eigenvalue weighted by atomic mass is 35.5. The lowest BCUT2D eigenvalue weighted by Gasteiger charge is -2.13. The van der Waals surface area contributed by atoms with E-state index in [4.69, 9.17) is 16.3 Å². The summed E-state index contributed by atoms with van der Waals surface area (Å²) < 4.78 is 7.42. The van der Waals surface area contributed by atoms with Gasteiger partial charge in [0.15, 0.2) is 11.0 Å². The van der Waals surface area contributed by atoms with Crippen LogP contribution >= 0.6 is 23.4 Å². The molecule has 3 rings (SSSR count). The molecule has 1 atom stereocenters. The normalized spacial score (nSPS) is 11.9. The fraction of sp³-hybridized carbons (Fsp3) is 0.250. The van der Waals surface area contributed by atoms with Crippen molar-refractivity contribution >= 4 is 35.0 Å². The second-order valence-electron chi connectivity index (χ2n) is 6.01. The van der Waals surface area contributed by atoms with Crippen LogP contribution in [0, 0.1) is 0 Å². The minimum atomic E-state index is -0.351. The summed E-state index contributed by atoms with van der Waals surface area (Å²) >= 11 is 7.25. The molecule has 2 aromatic carbocycles. The minimum absolute atomic E-state index is 0.114. The van der Waals surface area contributed by atoms with Crippen molar-refractivity contribution in [2.75, 3.05) is 12.4 Å². The number of carbonyl (C=O) groups excluding carboxylic acids is 1. The molecule has 0 aliphatic heterocycles. The number of nitrogens with one attached hydrogen (secondary N) is 1. The molecular weight excluding hydrogens is 396 g/mol. The van der Waals surface area contributed by atoms with Crippen LogP contribution in [0.15, 0.2) is 53.7 Å². The van der Waals surface area contributed by atoms with E-state index >= 15 is 0 Å². The monoisotopic (exact) mass is 416 g/mol. The lowest BCUT2D eigenvalue weighted by molar-refractivity contribution is -0.115. The van der Waals surface area contributed by atoms with Crippen molar-refractivity contribution in [1.82, 2.24) is 14.8 Å². The highest BCUT2D eigenvalue weighted by Gasteiger charge is 2.21. The van der Waals surface area contributed by atoms with Gasteiger partial charge in [-0.2, -0.15) is 0 Å². The van der Waals surface area contributed by atoms with Gasteiger partial charge in [-0.15, -0.1) is 10.2 Å². The fourth-order valence-electron chi connectivity index (χ4n) is 2.68. The summed E-state index contributed by atoms with van der Waals surface area (Å²) in [5.74, 6) is 1.33. The van der Waals surface area contributed by atoms with E-state index in [9.17, 15) is 4.79 Å². The van der Waals surface area contributed by atoms with Crippen LogP contribution in [0.2, 0.25) is 5.02 Å². The Labute approximate surface area is 173 Å². The van der Waals surface area contributed by atoms with E-state index in [1.807, 2.05) is 42.7 Å². The smallest absolute Gasteiger partial charge is 0.237 e. The third-order valence-electron chi connectivity index (χ3n) is 4.14. The van der Waals surface area contributed by atoms with Gasteiger partial charge in [0.25, 0.3) is 0 Å². The standard InChI is InChI=1S/C20H21ClN4O2S/c1-4-25-18(16-7-5-6-8-17(16)27-3)23-24-20(25)28-13(2)19(26)22-15-11-9-14(21)10-12-15/h5-13H,4H2,1-3H3,(H,22,26). The highest BCUT2D eigenvalue weighted by Crippen LogP contribution is 2.32. The number of methoxy groups -OCH3 is 1. The molecule has 1 unspecified atom stereocenters. The number of para-hydroxylation sites is 1. The van der Waals surface area contributed by atoms with E-state index in [0.717, 1.165) is 11.3 Å². The molecule has 1 N–H and O–H groups in total. The molecule has 6 nitrogen and oxygen atoms in total. The number of anilines is 1. The quantitative estimate of drug-likeness (QED) is 0.563. The Bertz CT molecular complexity index is 959. The van der Waals surface area contributed by atoms with Crippen molar-refractivity contribution in [2.24, 2.45) is 0 Å². The number of carbonyl (C=O) groups is 1. The van der Waals surface area contributed by atoms with Gasteiger partial charge in [0.05, 0.1) is 17.9 Å². The number of rotatable bonds is 7. The Morgan fingerprint density at radius 1 is 1.21 bits per heavy atom. The Morgan fingerprint density at radius 2 is 1.93 bits per heavy atom. The summed E-state index contributed by atoms with van der Waals surface area (Å²) in [4.78, 5) is 12.5. The summed E-state index contributed by atoms with van der Waals surface area (Å²) in [7, 11) is 1.63. The highest BCUT2D eigenvalue weighted by molar-refractivity contribution is 8.00. The molecule has 8 heteroatoms. The molecule has 0 saturated carbocycles. The van der Waals surface area contributed by atoms with Gasteiger partial charge in [0.2, 0.25) is 5.91 Å². The molecule has 1 aromatic heterocycles. The second kappa shape index (κ2) is 9.12. The van der Waals surface area contributed by atoms with E-state index in [2.05, 4.69) is 15.5 Å². The van der Waals surface area contributed by atoms with Crippen molar-refractivity contribution in [3.05, 3.63) is 53.6 Å². The van der Waals surface area contributed by atoms with Crippen LogP contribution in [0.25, 0.3) is 11.4 Å². The summed E-state index contributed by atoms with van der Waals surface area (Å²) in [6.45, 7) is 4.53. The zero-order valence-electron chi connectivity index (χ0n) is 15.8.